The fourth-order valence-corrected chi connectivity index (χ4v) is 4.49. The Hall–Kier alpha value is -1.04. The van der Waals surface area contributed by atoms with Crippen LogP contribution in [0.25, 0.3) is 0 Å². The summed E-state index contributed by atoms with van der Waals surface area (Å²) in [5.41, 5.74) is 1.10. The van der Waals surface area contributed by atoms with Crippen LogP contribution < -0.4 is 0 Å². The van der Waals surface area contributed by atoms with Crippen LogP contribution in [-0.2, 0) is 11.3 Å². The molecule has 6 heteroatoms. The van der Waals surface area contributed by atoms with Crippen molar-refractivity contribution in [1.29, 1.82) is 0 Å². The second kappa shape index (κ2) is 5.53. The van der Waals surface area contributed by atoms with Crippen molar-refractivity contribution >= 4 is 40.6 Å². The van der Waals surface area contributed by atoms with Crippen molar-refractivity contribution in [1.82, 2.24) is 9.88 Å². The van der Waals surface area contributed by atoms with Gasteiger partial charge < -0.3 is 4.90 Å². The van der Waals surface area contributed by atoms with Crippen LogP contribution in [0.3, 0.4) is 0 Å². The van der Waals surface area contributed by atoms with E-state index < -0.39 is 0 Å². The minimum atomic E-state index is 0.0816. The molecule has 1 amide bonds. The number of thiophene rings is 1. The number of carbonyl (C=O) groups is 1. The minimum absolute atomic E-state index is 0.0816. The number of halogens is 1. The monoisotopic (exact) mass is 310 g/mol. The van der Waals surface area contributed by atoms with Gasteiger partial charge in [-0.3, -0.25) is 9.78 Å². The molecule has 0 aromatic carbocycles. The molecule has 3 heterocycles. The van der Waals surface area contributed by atoms with Crippen molar-refractivity contribution in [2.24, 2.45) is 0 Å². The average Bonchev–Trinajstić information content (AvgIpc) is 2.99. The van der Waals surface area contributed by atoms with E-state index in [9.17, 15) is 4.79 Å². The third kappa shape index (κ3) is 2.78. The lowest BCUT2D eigenvalue weighted by atomic mass is 10.2. The zero-order valence-corrected chi connectivity index (χ0v) is 12.3. The molecule has 1 saturated heterocycles. The predicted molar refractivity (Wildman–Crippen MR) is 79.3 cm³/mol. The maximum atomic E-state index is 12.0. The van der Waals surface area contributed by atoms with Crippen LogP contribution in [0.5, 0.6) is 0 Å². The molecule has 1 aliphatic rings. The van der Waals surface area contributed by atoms with Crippen LogP contribution in [0.2, 0.25) is 4.34 Å². The van der Waals surface area contributed by atoms with Crippen molar-refractivity contribution in [3.8, 4) is 0 Å². The first kappa shape index (κ1) is 13.0. The first-order valence-corrected chi connectivity index (χ1v) is 8.03. The lowest BCUT2D eigenvalue weighted by molar-refractivity contribution is -0.128. The van der Waals surface area contributed by atoms with Gasteiger partial charge in [0.1, 0.15) is 5.37 Å². The van der Waals surface area contributed by atoms with Crippen LogP contribution in [-0.4, -0.2) is 21.5 Å². The quantitative estimate of drug-likeness (QED) is 0.869. The van der Waals surface area contributed by atoms with Gasteiger partial charge in [-0.05, 0) is 29.8 Å². The van der Waals surface area contributed by atoms with Gasteiger partial charge in [0.25, 0.3) is 0 Å². The van der Waals surface area contributed by atoms with Crippen LogP contribution in [0.15, 0.2) is 36.7 Å². The van der Waals surface area contributed by atoms with E-state index in [1.165, 1.54) is 11.3 Å². The molecular weight excluding hydrogens is 300 g/mol. The van der Waals surface area contributed by atoms with Crippen molar-refractivity contribution in [2.45, 2.75) is 11.9 Å². The van der Waals surface area contributed by atoms with Gasteiger partial charge >= 0.3 is 0 Å². The SMILES string of the molecule is O=C1CSC(c2ccc(Cl)s2)N1Cc1ccncc1. The molecule has 0 N–H and O–H groups in total. The number of nitrogens with zero attached hydrogens (tertiary/aromatic N) is 2. The highest BCUT2D eigenvalue weighted by Crippen LogP contribution is 2.43. The Morgan fingerprint density at radius 2 is 2.11 bits per heavy atom. The van der Waals surface area contributed by atoms with Crippen molar-refractivity contribution < 1.29 is 4.79 Å². The topological polar surface area (TPSA) is 33.2 Å². The summed E-state index contributed by atoms with van der Waals surface area (Å²) < 4.78 is 0.763. The van der Waals surface area contributed by atoms with E-state index in [2.05, 4.69) is 4.98 Å². The van der Waals surface area contributed by atoms with E-state index in [0.29, 0.717) is 12.3 Å². The van der Waals surface area contributed by atoms with Gasteiger partial charge in [-0.2, -0.15) is 0 Å². The Balaban J connectivity index is 1.83. The average molecular weight is 311 g/mol. The normalized spacial score (nSPS) is 19.1. The van der Waals surface area contributed by atoms with Gasteiger partial charge in [0.2, 0.25) is 5.91 Å². The largest absolute Gasteiger partial charge is 0.321 e. The minimum Gasteiger partial charge on any atom is -0.321 e. The molecule has 3 rings (SSSR count). The van der Waals surface area contributed by atoms with Gasteiger partial charge in [0, 0.05) is 23.8 Å². The summed E-state index contributed by atoms with van der Waals surface area (Å²) in [7, 11) is 0. The molecule has 3 nitrogen and oxygen atoms in total. The standard InChI is InChI=1S/C13H11ClN2OS2/c14-11-2-1-10(19-11)13-16(12(17)8-18-13)7-9-3-5-15-6-4-9/h1-6,13H,7-8H2. The molecule has 0 spiro atoms. The van der Waals surface area contributed by atoms with E-state index in [0.717, 1.165) is 14.8 Å². The highest BCUT2D eigenvalue weighted by Gasteiger charge is 2.33. The van der Waals surface area contributed by atoms with Crippen molar-refractivity contribution in [2.75, 3.05) is 5.75 Å². The number of carbonyl (C=O) groups excluding carboxylic acids is 1. The lowest BCUT2D eigenvalue weighted by Gasteiger charge is -2.23. The fraction of sp³-hybridized carbons (Fsp3) is 0.231. The number of rotatable bonds is 3. The number of hydrogen-bond acceptors (Lipinski definition) is 4. The van der Waals surface area contributed by atoms with E-state index in [1.807, 2.05) is 29.2 Å². The van der Waals surface area contributed by atoms with Crippen LogP contribution in [0.1, 0.15) is 15.8 Å². The Morgan fingerprint density at radius 3 is 2.79 bits per heavy atom. The number of amides is 1. The van der Waals surface area contributed by atoms with Gasteiger partial charge in [-0.25, -0.2) is 0 Å². The summed E-state index contributed by atoms with van der Waals surface area (Å²) >= 11 is 9.18. The molecular formula is C13H11ClN2OS2. The Labute approximate surface area is 124 Å². The third-order valence-electron chi connectivity index (χ3n) is 2.91. The molecule has 0 radical (unpaired) electrons. The Bertz CT molecular complexity index is 587. The second-order valence-electron chi connectivity index (χ2n) is 4.18. The molecule has 2 aromatic heterocycles. The lowest BCUT2D eigenvalue weighted by Crippen LogP contribution is -2.27. The Kier molecular flexibility index (Phi) is 3.77. The summed E-state index contributed by atoms with van der Waals surface area (Å²) in [5, 5.41) is 0.0816. The zero-order valence-electron chi connectivity index (χ0n) is 9.95. The second-order valence-corrected chi connectivity index (χ2v) is 7.00. The van der Waals surface area contributed by atoms with Crippen LogP contribution in [0, 0.1) is 0 Å². The maximum Gasteiger partial charge on any atom is 0.234 e. The molecule has 1 aliphatic heterocycles. The fourth-order valence-electron chi connectivity index (χ4n) is 2.01. The number of aromatic nitrogens is 1. The van der Waals surface area contributed by atoms with E-state index in [1.54, 1.807) is 24.2 Å². The predicted octanol–water partition coefficient (Wildman–Crippen LogP) is 3.57. The maximum absolute atomic E-state index is 12.0. The van der Waals surface area contributed by atoms with Crippen LogP contribution >= 0.6 is 34.7 Å². The highest BCUT2D eigenvalue weighted by molar-refractivity contribution is 8.00. The third-order valence-corrected chi connectivity index (χ3v) is 5.58. The summed E-state index contributed by atoms with van der Waals surface area (Å²) in [4.78, 5) is 19.1. The summed E-state index contributed by atoms with van der Waals surface area (Å²) in [6, 6.07) is 7.77. The number of thioether (sulfide) groups is 1. The highest BCUT2D eigenvalue weighted by atomic mass is 35.5. The molecule has 0 aliphatic carbocycles. The van der Waals surface area contributed by atoms with Gasteiger partial charge in [0.05, 0.1) is 10.1 Å². The molecule has 98 valence electrons. The summed E-state index contributed by atoms with van der Waals surface area (Å²) in [6.45, 7) is 0.620. The van der Waals surface area contributed by atoms with E-state index in [4.69, 9.17) is 11.6 Å². The molecule has 1 atom stereocenters. The molecule has 19 heavy (non-hydrogen) atoms. The van der Waals surface area contributed by atoms with Gasteiger partial charge in [-0.1, -0.05) is 11.6 Å². The number of hydrogen-bond donors (Lipinski definition) is 0. The first-order chi connectivity index (χ1) is 9.24. The summed E-state index contributed by atoms with van der Waals surface area (Å²) in [6.07, 6.45) is 3.50. The smallest absolute Gasteiger partial charge is 0.234 e. The van der Waals surface area contributed by atoms with Crippen LogP contribution in [0.4, 0.5) is 0 Å². The molecule has 2 aromatic rings. The zero-order chi connectivity index (χ0) is 13.2. The first-order valence-electron chi connectivity index (χ1n) is 5.79. The molecule has 0 bridgehead atoms. The summed E-state index contributed by atoms with van der Waals surface area (Å²) in [5.74, 6) is 0.710. The van der Waals surface area contributed by atoms with Gasteiger partial charge in [0.15, 0.2) is 0 Å². The van der Waals surface area contributed by atoms with E-state index in [-0.39, 0.29) is 11.3 Å². The molecule has 0 saturated carbocycles. The van der Waals surface area contributed by atoms with E-state index >= 15 is 0 Å². The molecule has 1 unspecified atom stereocenters. The van der Waals surface area contributed by atoms with Gasteiger partial charge in [-0.15, -0.1) is 23.1 Å². The molecule has 1 fully saturated rings. The number of pyridine rings is 1. The Morgan fingerprint density at radius 1 is 1.32 bits per heavy atom. The van der Waals surface area contributed by atoms with Crippen molar-refractivity contribution in [3.05, 3.63) is 51.4 Å². The van der Waals surface area contributed by atoms with Crippen molar-refractivity contribution in [3.63, 3.8) is 0 Å².